The lowest BCUT2D eigenvalue weighted by Crippen LogP contribution is -2.30. The Morgan fingerprint density at radius 3 is 2.61 bits per heavy atom. The third-order valence-corrected chi connectivity index (χ3v) is 4.39. The molecule has 1 saturated heterocycles. The van der Waals surface area contributed by atoms with Gasteiger partial charge in [-0.25, -0.2) is 9.59 Å². The Balaban J connectivity index is 1.99. The molecule has 1 fully saturated rings. The summed E-state index contributed by atoms with van der Waals surface area (Å²) in [5.74, 6) is -5.78. The van der Waals surface area contributed by atoms with Crippen molar-refractivity contribution in [2.45, 2.75) is 18.9 Å². The first kappa shape index (κ1) is 19.6. The fraction of sp³-hybridized carbons (Fsp3) is 0.300. The zero-order chi connectivity index (χ0) is 20.3. The third kappa shape index (κ3) is 3.49. The van der Waals surface area contributed by atoms with Crippen molar-refractivity contribution in [1.29, 1.82) is 0 Å². The Hall–Kier alpha value is -3.16. The molecule has 8 heteroatoms. The first-order chi connectivity index (χ1) is 13.4. The van der Waals surface area contributed by atoms with Crippen LogP contribution in [-0.2, 0) is 20.2 Å². The molecule has 1 aliphatic rings. The normalized spacial score (nSPS) is 16.6. The van der Waals surface area contributed by atoms with Crippen molar-refractivity contribution in [2.75, 3.05) is 25.2 Å². The molecule has 1 unspecified atom stereocenters. The van der Waals surface area contributed by atoms with Crippen LogP contribution in [0.2, 0.25) is 0 Å². The Bertz CT molecular complexity index is 872. The number of rotatable bonds is 6. The minimum atomic E-state index is -3.88. The van der Waals surface area contributed by atoms with Crippen LogP contribution in [0.15, 0.2) is 48.5 Å². The number of halogens is 2. The second-order valence-electron chi connectivity index (χ2n) is 6.05. The molecule has 0 radical (unpaired) electrons. The molecular weight excluding hydrogens is 372 g/mol. The summed E-state index contributed by atoms with van der Waals surface area (Å²) in [5, 5.41) is 0. The summed E-state index contributed by atoms with van der Waals surface area (Å²) in [6.45, 7) is 1.40. The van der Waals surface area contributed by atoms with Gasteiger partial charge in [0.15, 0.2) is 0 Å². The fourth-order valence-corrected chi connectivity index (χ4v) is 3.05. The fourth-order valence-electron chi connectivity index (χ4n) is 3.05. The Morgan fingerprint density at radius 2 is 1.96 bits per heavy atom. The maximum Gasteiger partial charge on any atom is 0.415 e. The van der Waals surface area contributed by atoms with Gasteiger partial charge in [-0.2, -0.15) is 8.78 Å². The van der Waals surface area contributed by atoms with Gasteiger partial charge in [-0.1, -0.05) is 30.3 Å². The van der Waals surface area contributed by atoms with Crippen molar-refractivity contribution in [1.82, 2.24) is 0 Å². The molecule has 3 rings (SSSR count). The van der Waals surface area contributed by atoms with Crippen LogP contribution in [0.25, 0.3) is 0 Å². The van der Waals surface area contributed by atoms with Gasteiger partial charge in [0, 0.05) is 6.07 Å². The molecule has 1 atom stereocenters. The highest BCUT2D eigenvalue weighted by molar-refractivity contribution is 5.91. The van der Waals surface area contributed by atoms with Crippen molar-refractivity contribution in [3.63, 3.8) is 0 Å². The lowest BCUT2D eigenvalue weighted by Gasteiger charge is -2.24. The number of benzene rings is 2. The van der Waals surface area contributed by atoms with Crippen molar-refractivity contribution < 1.29 is 32.6 Å². The second-order valence-corrected chi connectivity index (χ2v) is 6.05. The highest BCUT2D eigenvalue weighted by Crippen LogP contribution is 2.41. The maximum absolute atomic E-state index is 14.5. The summed E-state index contributed by atoms with van der Waals surface area (Å²) in [7, 11) is 1.21. The topological polar surface area (TPSA) is 65.1 Å². The molecule has 1 heterocycles. The van der Waals surface area contributed by atoms with Crippen molar-refractivity contribution in [3.8, 4) is 5.75 Å². The van der Waals surface area contributed by atoms with Gasteiger partial charge in [0.2, 0.25) is 0 Å². The summed E-state index contributed by atoms with van der Waals surface area (Å²) < 4.78 is 43.6. The molecule has 2 aromatic carbocycles. The number of esters is 1. The summed E-state index contributed by atoms with van der Waals surface area (Å²) >= 11 is 0. The van der Waals surface area contributed by atoms with Gasteiger partial charge in [-0.3, -0.25) is 4.90 Å². The molecule has 0 aliphatic carbocycles. The quantitative estimate of drug-likeness (QED) is 0.695. The molecule has 1 amide bonds. The zero-order valence-electron chi connectivity index (χ0n) is 15.4. The number of cyclic esters (lactones) is 1. The number of methoxy groups -OCH3 is 1. The summed E-state index contributed by atoms with van der Waals surface area (Å²) in [6, 6.07) is 12.5. The predicted octanol–water partition coefficient (Wildman–Crippen LogP) is 4.05. The summed E-state index contributed by atoms with van der Waals surface area (Å²) in [6.07, 6.45) is -0.596. The SMILES string of the molecule is CCOC(=O)C(F)(F)c1ccc(N2C(=O)OCC2c2ccccc2)cc1OC. The van der Waals surface area contributed by atoms with Crippen molar-refractivity contribution >= 4 is 17.7 Å². The van der Waals surface area contributed by atoms with Crippen molar-refractivity contribution in [3.05, 3.63) is 59.7 Å². The highest BCUT2D eigenvalue weighted by atomic mass is 19.3. The van der Waals surface area contributed by atoms with Crippen LogP contribution in [0.1, 0.15) is 24.1 Å². The zero-order valence-corrected chi connectivity index (χ0v) is 15.4. The van der Waals surface area contributed by atoms with Gasteiger partial charge >= 0.3 is 18.0 Å². The predicted molar refractivity (Wildman–Crippen MR) is 96.5 cm³/mol. The minimum absolute atomic E-state index is 0.131. The van der Waals surface area contributed by atoms with Gasteiger partial charge in [-0.15, -0.1) is 0 Å². The lowest BCUT2D eigenvalue weighted by atomic mass is 10.0. The summed E-state index contributed by atoms with van der Waals surface area (Å²) in [4.78, 5) is 25.3. The Kier molecular flexibility index (Phi) is 5.48. The Morgan fingerprint density at radius 1 is 1.25 bits per heavy atom. The number of carbonyl (C=O) groups is 2. The molecule has 6 nitrogen and oxygen atoms in total. The molecule has 0 saturated carbocycles. The molecular formula is C20H19F2NO5. The number of anilines is 1. The first-order valence-electron chi connectivity index (χ1n) is 8.64. The molecule has 0 spiro atoms. The van der Waals surface area contributed by atoms with E-state index in [0.717, 1.165) is 11.6 Å². The van der Waals surface area contributed by atoms with Crippen molar-refractivity contribution in [2.24, 2.45) is 0 Å². The lowest BCUT2D eigenvalue weighted by molar-refractivity contribution is -0.173. The van der Waals surface area contributed by atoms with Gasteiger partial charge in [-0.05, 0) is 24.6 Å². The number of hydrogen-bond acceptors (Lipinski definition) is 5. The largest absolute Gasteiger partial charge is 0.496 e. The van der Waals surface area contributed by atoms with Crippen LogP contribution in [0.5, 0.6) is 5.75 Å². The number of amides is 1. The third-order valence-electron chi connectivity index (χ3n) is 4.39. The van der Waals surface area contributed by atoms with Crippen LogP contribution in [-0.4, -0.2) is 32.4 Å². The monoisotopic (exact) mass is 391 g/mol. The van der Waals surface area contributed by atoms with Crippen LogP contribution in [0, 0.1) is 0 Å². The van der Waals surface area contributed by atoms with E-state index in [2.05, 4.69) is 4.74 Å². The van der Waals surface area contributed by atoms with Crippen LogP contribution >= 0.6 is 0 Å². The molecule has 0 N–H and O–H groups in total. The van der Waals surface area contributed by atoms with Crippen LogP contribution in [0.4, 0.5) is 19.3 Å². The van der Waals surface area contributed by atoms with E-state index in [4.69, 9.17) is 9.47 Å². The molecule has 0 bridgehead atoms. The molecule has 1 aliphatic heterocycles. The average molecular weight is 391 g/mol. The highest BCUT2D eigenvalue weighted by Gasteiger charge is 2.45. The molecule has 2 aromatic rings. The molecule has 0 aromatic heterocycles. The number of carbonyl (C=O) groups excluding carboxylic acids is 2. The van der Waals surface area contributed by atoms with Gasteiger partial charge in [0.05, 0.1) is 31.0 Å². The average Bonchev–Trinajstić information content (AvgIpc) is 3.09. The van der Waals surface area contributed by atoms with E-state index < -0.39 is 29.6 Å². The number of hydrogen-bond donors (Lipinski definition) is 0. The number of ether oxygens (including phenoxy) is 3. The van der Waals surface area contributed by atoms with E-state index in [9.17, 15) is 18.4 Å². The molecule has 148 valence electrons. The Labute approximate surface area is 160 Å². The maximum atomic E-state index is 14.5. The van der Waals surface area contributed by atoms with E-state index in [1.54, 1.807) is 0 Å². The first-order valence-corrected chi connectivity index (χ1v) is 8.64. The van der Waals surface area contributed by atoms with E-state index in [1.165, 1.54) is 31.1 Å². The van der Waals surface area contributed by atoms with Gasteiger partial charge in [0.25, 0.3) is 0 Å². The van der Waals surface area contributed by atoms with Crippen LogP contribution < -0.4 is 9.64 Å². The van der Waals surface area contributed by atoms with Gasteiger partial charge in [0.1, 0.15) is 12.4 Å². The standard InChI is InChI=1S/C20H19F2NO5/c1-3-27-18(24)20(21,22)15-10-9-14(11-17(15)26-2)23-16(12-28-19(23)25)13-7-5-4-6-8-13/h4-11,16H,3,12H2,1-2H3. The van der Waals surface area contributed by atoms with E-state index in [1.807, 2.05) is 30.3 Å². The minimum Gasteiger partial charge on any atom is -0.496 e. The second kappa shape index (κ2) is 7.84. The number of alkyl halides is 2. The van der Waals surface area contributed by atoms with Crippen LogP contribution in [0.3, 0.4) is 0 Å². The van der Waals surface area contributed by atoms with E-state index >= 15 is 0 Å². The van der Waals surface area contributed by atoms with E-state index in [0.29, 0.717) is 5.69 Å². The van der Waals surface area contributed by atoms with E-state index in [-0.39, 0.29) is 19.0 Å². The smallest absolute Gasteiger partial charge is 0.415 e. The number of nitrogens with zero attached hydrogens (tertiary/aromatic N) is 1. The van der Waals surface area contributed by atoms with Gasteiger partial charge < -0.3 is 14.2 Å². The molecule has 28 heavy (non-hydrogen) atoms. The summed E-state index contributed by atoms with van der Waals surface area (Å²) in [5.41, 5.74) is 0.519.